The van der Waals surface area contributed by atoms with E-state index in [0.717, 1.165) is 11.1 Å². The third-order valence-corrected chi connectivity index (χ3v) is 3.68. The smallest absolute Gasteiger partial charge is 0.298 e. The topological polar surface area (TPSA) is 66.2 Å². The summed E-state index contributed by atoms with van der Waals surface area (Å²) < 4.78 is 27.9. The number of hydrogen-bond donors (Lipinski definition) is 0. The SMILES string of the molecule is c1ccc2oc(N3CCOCCOCCOCCOCC3)nc2c1. The first-order valence-electron chi connectivity index (χ1n) is 8.35. The fourth-order valence-electron chi connectivity index (χ4n) is 2.41. The van der Waals surface area contributed by atoms with Crippen LogP contribution in [0.4, 0.5) is 6.01 Å². The number of rotatable bonds is 1. The lowest BCUT2D eigenvalue weighted by Gasteiger charge is -2.20. The van der Waals surface area contributed by atoms with E-state index in [0.29, 0.717) is 72.0 Å². The van der Waals surface area contributed by atoms with E-state index >= 15 is 0 Å². The summed E-state index contributed by atoms with van der Waals surface area (Å²) in [7, 11) is 0. The van der Waals surface area contributed by atoms with Crippen molar-refractivity contribution in [3.05, 3.63) is 24.3 Å². The Morgan fingerprint density at radius 3 is 1.83 bits per heavy atom. The fourth-order valence-corrected chi connectivity index (χ4v) is 2.41. The van der Waals surface area contributed by atoms with Crippen LogP contribution in [0.25, 0.3) is 11.1 Å². The molecule has 0 spiro atoms. The van der Waals surface area contributed by atoms with E-state index in [-0.39, 0.29) is 0 Å². The Bertz CT molecular complexity index is 554. The zero-order valence-electron chi connectivity index (χ0n) is 13.8. The number of anilines is 1. The molecule has 0 N–H and O–H groups in total. The highest BCUT2D eigenvalue weighted by molar-refractivity contribution is 5.74. The first kappa shape index (κ1) is 17.2. The van der Waals surface area contributed by atoms with Gasteiger partial charge in [-0.05, 0) is 12.1 Å². The number of para-hydroxylation sites is 2. The molecule has 132 valence electrons. The van der Waals surface area contributed by atoms with Gasteiger partial charge in [0.05, 0.1) is 52.9 Å². The highest BCUT2D eigenvalue weighted by Gasteiger charge is 2.14. The zero-order valence-corrected chi connectivity index (χ0v) is 13.8. The molecule has 0 amide bonds. The second kappa shape index (κ2) is 9.58. The van der Waals surface area contributed by atoms with E-state index in [1.807, 2.05) is 29.2 Å². The van der Waals surface area contributed by atoms with Gasteiger partial charge in [0, 0.05) is 13.1 Å². The van der Waals surface area contributed by atoms with Gasteiger partial charge in [0.1, 0.15) is 5.52 Å². The summed E-state index contributed by atoms with van der Waals surface area (Å²) in [6.45, 7) is 5.98. The molecule has 0 radical (unpaired) electrons. The molecule has 7 heteroatoms. The third kappa shape index (κ3) is 5.17. The van der Waals surface area contributed by atoms with E-state index in [1.165, 1.54) is 0 Å². The molecule has 24 heavy (non-hydrogen) atoms. The summed E-state index contributed by atoms with van der Waals surface area (Å²) in [4.78, 5) is 6.59. The number of ether oxygens (including phenoxy) is 4. The van der Waals surface area contributed by atoms with E-state index < -0.39 is 0 Å². The number of fused-ring (bicyclic) bond motifs is 1. The maximum absolute atomic E-state index is 5.85. The highest BCUT2D eigenvalue weighted by Crippen LogP contribution is 2.21. The summed E-state index contributed by atoms with van der Waals surface area (Å²) >= 11 is 0. The van der Waals surface area contributed by atoms with Crippen molar-refractivity contribution in [1.29, 1.82) is 0 Å². The predicted molar refractivity (Wildman–Crippen MR) is 89.5 cm³/mol. The predicted octanol–water partition coefficient (Wildman–Crippen LogP) is 1.71. The molecule has 1 aliphatic rings. The molecule has 0 saturated carbocycles. The Morgan fingerprint density at radius 1 is 0.708 bits per heavy atom. The van der Waals surface area contributed by atoms with Crippen molar-refractivity contribution in [2.45, 2.75) is 0 Å². The van der Waals surface area contributed by atoms with E-state index in [9.17, 15) is 0 Å². The maximum atomic E-state index is 5.85. The van der Waals surface area contributed by atoms with Crippen LogP contribution >= 0.6 is 0 Å². The molecule has 2 heterocycles. The molecule has 1 fully saturated rings. The normalized spacial score (nSPS) is 19.8. The fraction of sp³-hybridized carbons (Fsp3) is 0.588. The van der Waals surface area contributed by atoms with Crippen LogP contribution in [0.1, 0.15) is 0 Å². The molecular formula is C17H24N2O5. The van der Waals surface area contributed by atoms with Crippen molar-refractivity contribution in [1.82, 2.24) is 4.98 Å². The highest BCUT2D eigenvalue weighted by atomic mass is 16.6. The molecule has 1 saturated heterocycles. The number of oxazole rings is 1. The number of hydrogen-bond acceptors (Lipinski definition) is 7. The Balaban J connectivity index is 1.61. The average molecular weight is 336 g/mol. The van der Waals surface area contributed by atoms with Crippen molar-refractivity contribution in [2.24, 2.45) is 0 Å². The molecule has 1 aromatic carbocycles. The monoisotopic (exact) mass is 336 g/mol. The summed E-state index contributed by atoms with van der Waals surface area (Å²) in [5, 5.41) is 0. The van der Waals surface area contributed by atoms with Crippen LogP contribution < -0.4 is 4.90 Å². The molecule has 2 aromatic rings. The molecule has 3 rings (SSSR count). The lowest BCUT2D eigenvalue weighted by atomic mass is 10.3. The molecule has 7 nitrogen and oxygen atoms in total. The third-order valence-electron chi connectivity index (χ3n) is 3.68. The first-order chi connectivity index (χ1) is 11.9. The largest absolute Gasteiger partial charge is 0.423 e. The maximum Gasteiger partial charge on any atom is 0.298 e. The van der Waals surface area contributed by atoms with Crippen LogP contribution in [0.5, 0.6) is 0 Å². The van der Waals surface area contributed by atoms with Crippen LogP contribution in [-0.2, 0) is 18.9 Å². The molecule has 0 atom stereocenters. The van der Waals surface area contributed by atoms with Gasteiger partial charge in [-0.1, -0.05) is 12.1 Å². The Kier molecular flexibility index (Phi) is 6.85. The van der Waals surface area contributed by atoms with Gasteiger partial charge >= 0.3 is 0 Å². The molecule has 0 bridgehead atoms. The molecular weight excluding hydrogens is 312 g/mol. The molecule has 0 unspecified atom stereocenters. The van der Waals surface area contributed by atoms with E-state index in [1.54, 1.807) is 0 Å². The Morgan fingerprint density at radius 2 is 1.25 bits per heavy atom. The van der Waals surface area contributed by atoms with Crippen molar-refractivity contribution in [3.8, 4) is 0 Å². The average Bonchev–Trinajstić information content (AvgIpc) is 3.02. The second-order valence-corrected chi connectivity index (χ2v) is 5.40. The minimum Gasteiger partial charge on any atom is -0.423 e. The standard InChI is InChI=1S/C17H24N2O5/c1-2-4-16-15(3-1)18-17(24-16)19-5-7-20-9-11-22-13-14-23-12-10-21-8-6-19/h1-4H,5-14H2. The lowest BCUT2D eigenvalue weighted by molar-refractivity contribution is 0.00206. The minimum absolute atomic E-state index is 0.567. The van der Waals surface area contributed by atoms with Gasteiger partial charge in [-0.2, -0.15) is 4.98 Å². The van der Waals surface area contributed by atoms with Gasteiger partial charge in [-0.25, -0.2) is 0 Å². The number of benzene rings is 1. The Hall–Kier alpha value is -1.67. The molecule has 0 aliphatic carbocycles. The quantitative estimate of drug-likeness (QED) is 0.785. The van der Waals surface area contributed by atoms with Crippen molar-refractivity contribution in [3.63, 3.8) is 0 Å². The van der Waals surface area contributed by atoms with Crippen molar-refractivity contribution >= 4 is 17.1 Å². The van der Waals surface area contributed by atoms with Gasteiger partial charge < -0.3 is 28.3 Å². The van der Waals surface area contributed by atoms with Crippen LogP contribution in [0.3, 0.4) is 0 Å². The van der Waals surface area contributed by atoms with E-state index in [2.05, 4.69) is 4.98 Å². The van der Waals surface area contributed by atoms with Crippen LogP contribution in [0, 0.1) is 0 Å². The van der Waals surface area contributed by atoms with Crippen LogP contribution in [-0.4, -0.2) is 70.9 Å². The molecule has 1 aliphatic heterocycles. The summed E-state index contributed by atoms with van der Waals surface area (Å²) in [6.07, 6.45) is 0. The second-order valence-electron chi connectivity index (χ2n) is 5.40. The van der Waals surface area contributed by atoms with Gasteiger partial charge in [0.25, 0.3) is 6.01 Å². The van der Waals surface area contributed by atoms with Gasteiger partial charge in [0.2, 0.25) is 0 Å². The first-order valence-corrected chi connectivity index (χ1v) is 8.35. The summed E-state index contributed by atoms with van der Waals surface area (Å²) in [6, 6.07) is 8.35. The Labute approximate surface area is 141 Å². The number of aromatic nitrogens is 1. The summed E-state index contributed by atoms with van der Waals surface area (Å²) in [5.74, 6) is 0. The molecule has 1 aromatic heterocycles. The van der Waals surface area contributed by atoms with Crippen LogP contribution in [0.2, 0.25) is 0 Å². The van der Waals surface area contributed by atoms with Gasteiger partial charge in [-0.3, -0.25) is 0 Å². The van der Waals surface area contributed by atoms with E-state index in [4.69, 9.17) is 23.4 Å². The minimum atomic E-state index is 0.567. The zero-order chi connectivity index (χ0) is 16.5. The summed E-state index contributed by atoms with van der Waals surface area (Å²) in [5.41, 5.74) is 1.64. The van der Waals surface area contributed by atoms with Gasteiger partial charge in [-0.15, -0.1) is 0 Å². The number of nitrogens with zero attached hydrogens (tertiary/aromatic N) is 2. The van der Waals surface area contributed by atoms with Crippen molar-refractivity contribution in [2.75, 3.05) is 70.8 Å². The lowest BCUT2D eigenvalue weighted by Crippen LogP contribution is -2.31. The van der Waals surface area contributed by atoms with Crippen LogP contribution in [0.15, 0.2) is 28.7 Å². The van der Waals surface area contributed by atoms with Crippen molar-refractivity contribution < 1.29 is 23.4 Å². The van der Waals surface area contributed by atoms with Gasteiger partial charge in [0.15, 0.2) is 5.58 Å².